The molecule has 0 aliphatic rings. The Bertz CT molecular complexity index is 892. The lowest BCUT2D eigenvalue weighted by molar-refractivity contribution is -0.138. The van der Waals surface area contributed by atoms with Crippen LogP contribution in [0.15, 0.2) is 54.9 Å². The first-order valence-electron chi connectivity index (χ1n) is 7.53. The molecule has 0 fully saturated rings. The molecule has 5 heteroatoms. The molecule has 24 heavy (non-hydrogen) atoms. The van der Waals surface area contributed by atoms with Gasteiger partial charge in [0.2, 0.25) is 0 Å². The summed E-state index contributed by atoms with van der Waals surface area (Å²) in [7, 11) is 0. The zero-order chi connectivity index (χ0) is 17.1. The van der Waals surface area contributed by atoms with Gasteiger partial charge in [0, 0.05) is 23.8 Å². The molecule has 1 atom stereocenters. The van der Waals surface area contributed by atoms with Crippen LogP contribution in [-0.2, 0) is 11.2 Å². The van der Waals surface area contributed by atoms with Crippen LogP contribution < -0.4 is 4.74 Å². The van der Waals surface area contributed by atoms with Gasteiger partial charge in [-0.1, -0.05) is 42.8 Å². The summed E-state index contributed by atoms with van der Waals surface area (Å²) >= 11 is 5.93. The minimum Gasteiger partial charge on any atom is -0.425 e. The summed E-state index contributed by atoms with van der Waals surface area (Å²) in [4.78, 5) is 16.5. The van der Waals surface area contributed by atoms with E-state index in [1.54, 1.807) is 19.3 Å². The number of hydrogen-bond donors (Lipinski definition) is 0. The second-order valence-electron chi connectivity index (χ2n) is 5.62. The second-order valence-corrected chi connectivity index (χ2v) is 6.03. The van der Waals surface area contributed by atoms with Gasteiger partial charge in [-0.05, 0) is 29.5 Å². The molecular formula is C19H15ClFNO2. The third-order valence-electron chi connectivity index (χ3n) is 3.78. The van der Waals surface area contributed by atoms with E-state index in [1.165, 1.54) is 12.1 Å². The largest absolute Gasteiger partial charge is 0.425 e. The molecule has 0 saturated carbocycles. The molecule has 0 radical (unpaired) electrons. The Morgan fingerprint density at radius 1 is 1.25 bits per heavy atom. The average molecular weight is 344 g/mol. The van der Waals surface area contributed by atoms with Crippen LogP contribution in [-0.4, -0.2) is 11.0 Å². The van der Waals surface area contributed by atoms with Gasteiger partial charge in [-0.15, -0.1) is 0 Å². The highest BCUT2D eigenvalue weighted by atomic mass is 35.5. The molecule has 0 bridgehead atoms. The molecule has 122 valence electrons. The highest BCUT2D eigenvalue weighted by Gasteiger charge is 2.19. The molecule has 1 aromatic heterocycles. The van der Waals surface area contributed by atoms with E-state index in [9.17, 15) is 9.18 Å². The molecular weight excluding hydrogens is 329 g/mol. The maximum atomic E-state index is 13.3. The summed E-state index contributed by atoms with van der Waals surface area (Å²) in [5, 5.41) is 2.27. The van der Waals surface area contributed by atoms with Gasteiger partial charge >= 0.3 is 5.97 Å². The van der Waals surface area contributed by atoms with Gasteiger partial charge in [0.05, 0.1) is 10.9 Å². The second kappa shape index (κ2) is 6.97. The van der Waals surface area contributed by atoms with Crippen LogP contribution in [0.1, 0.15) is 12.5 Å². The molecule has 0 spiro atoms. The SMILES string of the molecule is CC(Cc1cncc2ccccc12)C(=O)Oc1cc(F)ccc1Cl. The number of benzene rings is 2. The Labute approximate surface area is 144 Å². The van der Waals surface area contributed by atoms with Crippen LogP contribution >= 0.6 is 11.6 Å². The molecule has 0 saturated heterocycles. The van der Waals surface area contributed by atoms with E-state index in [1.807, 2.05) is 24.3 Å². The van der Waals surface area contributed by atoms with Gasteiger partial charge in [-0.25, -0.2) is 4.39 Å². The summed E-state index contributed by atoms with van der Waals surface area (Å²) in [5.41, 5.74) is 0.961. The molecule has 0 N–H and O–H groups in total. The van der Waals surface area contributed by atoms with Crippen LogP contribution in [0.5, 0.6) is 5.75 Å². The highest BCUT2D eigenvalue weighted by Crippen LogP contribution is 2.27. The average Bonchev–Trinajstić information content (AvgIpc) is 2.58. The van der Waals surface area contributed by atoms with Gasteiger partial charge in [0.25, 0.3) is 0 Å². The Morgan fingerprint density at radius 3 is 2.88 bits per heavy atom. The molecule has 3 aromatic rings. The first-order valence-corrected chi connectivity index (χ1v) is 7.91. The van der Waals surface area contributed by atoms with Crippen molar-refractivity contribution in [2.45, 2.75) is 13.3 Å². The molecule has 1 heterocycles. The zero-order valence-corrected chi connectivity index (χ0v) is 13.8. The van der Waals surface area contributed by atoms with Crippen molar-refractivity contribution in [3.63, 3.8) is 0 Å². The van der Waals surface area contributed by atoms with E-state index in [0.717, 1.165) is 22.4 Å². The molecule has 1 unspecified atom stereocenters. The number of pyridine rings is 1. The Balaban J connectivity index is 1.77. The van der Waals surface area contributed by atoms with Crippen LogP contribution in [0.3, 0.4) is 0 Å². The Hall–Kier alpha value is -2.46. The zero-order valence-electron chi connectivity index (χ0n) is 13.0. The molecule has 2 aromatic carbocycles. The summed E-state index contributed by atoms with van der Waals surface area (Å²) < 4.78 is 18.5. The number of ether oxygens (including phenoxy) is 1. The quantitative estimate of drug-likeness (QED) is 0.504. The third kappa shape index (κ3) is 3.54. The minimum absolute atomic E-state index is 0.0320. The van der Waals surface area contributed by atoms with E-state index < -0.39 is 17.7 Å². The normalized spacial score (nSPS) is 12.1. The summed E-state index contributed by atoms with van der Waals surface area (Å²) in [6.07, 6.45) is 4.01. The predicted octanol–water partition coefficient (Wildman–Crippen LogP) is 4.81. The third-order valence-corrected chi connectivity index (χ3v) is 4.10. The maximum absolute atomic E-state index is 13.3. The highest BCUT2D eigenvalue weighted by molar-refractivity contribution is 6.32. The number of fused-ring (bicyclic) bond motifs is 1. The number of carbonyl (C=O) groups is 1. The van der Waals surface area contributed by atoms with Crippen LogP contribution in [0, 0.1) is 11.7 Å². The van der Waals surface area contributed by atoms with Crippen LogP contribution in [0.25, 0.3) is 10.8 Å². The lowest BCUT2D eigenvalue weighted by Gasteiger charge is -2.13. The van der Waals surface area contributed by atoms with E-state index in [0.29, 0.717) is 6.42 Å². The molecule has 0 amide bonds. The number of nitrogens with zero attached hydrogens (tertiary/aromatic N) is 1. The number of rotatable bonds is 4. The topological polar surface area (TPSA) is 39.2 Å². The molecule has 0 aliphatic carbocycles. The first-order chi connectivity index (χ1) is 11.5. The van der Waals surface area contributed by atoms with Crippen molar-refractivity contribution in [3.8, 4) is 5.75 Å². The molecule has 0 aliphatic heterocycles. The maximum Gasteiger partial charge on any atom is 0.314 e. The lowest BCUT2D eigenvalue weighted by Crippen LogP contribution is -2.20. The van der Waals surface area contributed by atoms with E-state index in [4.69, 9.17) is 16.3 Å². The predicted molar refractivity (Wildman–Crippen MR) is 91.7 cm³/mol. The Morgan fingerprint density at radius 2 is 2.04 bits per heavy atom. The van der Waals surface area contributed by atoms with Crippen molar-refractivity contribution >= 4 is 28.3 Å². The van der Waals surface area contributed by atoms with Gasteiger partial charge in [0.15, 0.2) is 5.75 Å². The monoisotopic (exact) mass is 343 g/mol. The van der Waals surface area contributed by atoms with Gasteiger partial charge in [0.1, 0.15) is 5.82 Å². The van der Waals surface area contributed by atoms with Crippen molar-refractivity contribution in [1.29, 1.82) is 0 Å². The van der Waals surface area contributed by atoms with E-state index >= 15 is 0 Å². The van der Waals surface area contributed by atoms with Crippen molar-refractivity contribution in [1.82, 2.24) is 4.98 Å². The number of esters is 1. The lowest BCUT2D eigenvalue weighted by atomic mass is 9.98. The summed E-state index contributed by atoms with van der Waals surface area (Å²) in [6.45, 7) is 1.76. The van der Waals surface area contributed by atoms with E-state index in [2.05, 4.69) is 4.98 Å². The number of carbonyl (C=O) groups excluding carboxylic acids is 1. The van der Waals surface area contributed by atoms with Crippen LogP contribution in [0.4, 0.5) is 4.39 Å². The fourth-order valence-corrected chi connectivity index (χ4v) is 2.68. The van der Waals surface area contributed by atoms with Crippen molar-refractivity contribution in [2.75, 3.05) is 0 Å². The first kappa shape index (κ1) is 16.4. The van der Waals surface area contributed by atoms with Gasteiger partial charge in [-0.3, -0.25) is 9.78 Å². The number of hydrogen-bond acceptors (Lipinski definition) is 3. The van der Waals surface area contributed by atoms with Crippen molar-refractivity contribution in [2.24, 2.45) is 5.92 Å². The fourth-order valence-electron chi connectivity index (χ4n) is 2.52. The van der Waals surface area contributed by atoms with Gasteiger partial charge in [-0.2, -0.15) is 0 Å². The fraction of sp³-hybridized carbons (Fsp3) is 0.158. The van der Waals surface area contributed by atoms with Crippen molar-refractivity contribution < 1.29 is 13.9 Å². The smallest absolute Gasteiger partial charge is 0.314 e. The number of aromatic nitrogens is 1. The molecule has 3 rings (SSSR count). The summed E-state index contributed by atoms with van der Waals surface area (Å²) in [5.74, 6) is -1.36. The standard InChI is InChI=1S/C19H15ClFNO2/c1-12(19(23)24-18-9-15(21)6-7-17(18)20)8-14-11-22-10-13-4-2-3-5-16(13)14/h2-7,9-12H,8H2,1H3. The minimum atomic E-state index is -0.506. The number of halogens is 2. The molecule has 3 nitrogen and oxygen atoms in total. The van der Waals surface area contributed by atoms with Crippen LogP contribution in [0.2, 0.25) is 5.02 Å². The van der Waals surface area contributed by atoms with Gasteiger partial charge < -0.3 is 4.74 Å². The van der Waals surface area contributed by atoms with E-state index in [-0.39, 0.29) is 10.8 Å². The Kier molecular flexibility index (Phi) is 4.76. The van der Waals surface area contributed by atoms with Crippen molar-refractivity contribution in [3.05, 3.63) is 71.3 Å². The summed E-state index contributed by atoms with van der Waals surface area (Å²) in [6, 6.07) is 11.5.